The van der Waals surface area contributed by atoms with Gasteiger partial charge in [0.05, 0.1) is 6.04 Å². The van der Waals surface area contributed by atoms with Gasteiger partial charge in [-0.15, -0.1) is 0 Å². The zero-order chi connectivity index (χ0) is 14.3. The average molecular weight is 330 g/mol. The van der Waals surface area contributed by atoms with E-state index < -0.39 is 0 Å². The van der Waals surface area contributed by atoms with E-state index in [9.17, 15) is 0 Å². The molecule has 0 fully saturated rings. The first-order chi connectivity index (χ1) is 9.56. The number of hydrogen-bond acceptors (Lipinski definition) is 2. The number of para-hydroxylation sites is 1. The molecule has 0 radical (unpaired) electrons. The molecule has 1 heterocycles. The van der Waals surface area contributed by atoms with E-state index in [2.05, 4.69) is 35.0 Å². The topological polar surface area (TPSA) is 39.2 Å². The summed E-state index contributed by atoms with van der Waals surface area (Å²) in [6.45, 7) is 4.11. The van der Waals surface area contributed by atoms with Crippen molar-refractivity contribution < 1.29 is 4.42 Å². The molecular weight excluding hydrogens is 314 g/mol. The number of nitrogens with two attached hydrogens (primary N) is 1. The molecule has 1 aromatic heterocycles. The van der Waals surface area contributed by atoms with Crippen LogP contribution in [0.1, 0.15) is 28.5 Å². The van der Waals surface area contributed by atoms with Crippen molar-refractivity contribution in [1.29, 1.82) is 0 Å². The van der Waals surface area contributed by atoms with Crippen molar-refractivity contribution in [2.45, 2.75) is 19.9 Å². The van der Waals surface area contributed by atoms with Gasteiger partial charge in [-0.25, -0.2) is 0 Å². The summed E-state index contributed by atoms with van der Waals surface area (Å²) in [6.07, 6.45) is 0. The quantitative estimate of drug-likeness (QED) is 0.729. The van der Waals surface area contributed by atoms with E-state index in [1.165, 1.54) is 5.56 Å². The second-order valence-electron chi connectivity index (χ2n) is 5.14. The van der Waals surface area contributed by atoms with Gasteiger partial charge < -0.3 is 10.2 Å². The zero-order valence-electron chi connectivity index (χ0n) is 11.5. The van der Waals surface area contributed by atoms with Crippen LogP contribution in [0.15, 0.2) is 51.4 Å². The maximum Gasteiger partial charge on any atom is 0.137 e. The number of halogens is 1. The first-order valence-electron chi connectivity index (χ1n) is 6.57. The van der Waals surface area contributed by atoms with E-state index in [4.69, 9.17) is 10.2 Å². The van der Waals surface area contributed by atoms with Crippen LogP contribution in [0.3, 0.4) is 0 Å². The lowest BCUT2D eigenvalue weighted by Gasteiger charge is -2.12. The maximum absolute atomic E-state index is 6.38. The predicted molar refractivity (Wildman–Crippen MR) is 85.9 cm³/mol. The highest BCUT2D eigenvalue weighted by Gasteiger charge is 2.17. The molecule has 3 aromatic rings. The Morgan fingerprint density at radius 1 is 1.10 bits per heavy atom. The van der Waals surface area contributed by atoms with Gasteiger partial charge in [-0.3, -0.25) is 0 Å². The fraction of sp³-hybridized carbons (Fsp3) is 0.176. The molecule has 2 nitrogen and oxygen atoms in total. The van der Waals surface area contributed by atoms with Gasteiger partial charge in [0.1, 0.15) is 11.3 Å². The van der Waals surface area contributed by atoms with Crippen LogP contribution in [0.2, 0.25) is 0 Å². The van der Waals surface area contributed by atoms with Gasteiger partial charge in [0.15, 0.2) is 0 Å². The van der Waals surface area contributed by atoms with E-state index in [1.807, 2.05) is 37.3 Å². The molecule has 0 aliphatic heterocycles. The van der Waals surface area contributed by atoms with E-state index in [0.29, 0.717) is 0 Å². The van der Waals surface area contributed by atoms with Gasteiger partial charge in [-0.1, -0.05) is 51.8 Å². The van der Waals surface area contributed by atoms with Crippen LogP contribution >= 0.6 is 15.9 Å². The summed E-state index contributed by atoms with van der Waals surface area (Å²) >= 11 is 3.56. The molecule has 2 N–H and O–H groups in total. The van der Waals surface area contributed by atoms with Gasteiger partial charge in [0.2, 0.25) is 0 Å². The van der Waals surface area contributed by atoms with Crippen LogP contribution in [0, 0.1) is 13.8 Å². The monoisotopic (exact) mass is 329 g/mol. The lowest BCUT2D eigenvalue weighted by atomic mass is 10.0. The second-order valence-corrected chi connectivity index (χ2v) is 6.00. The number of aryl methyl sites for hydroxylation is 2. The van der Waals surface area contributed by atoms with Crippen LogP contribution in [0.25, 0.3) is 11.0 Å². The molecule has 0 saturated carbocycles. The number of fused-ring (bicyclic) bond motifs is 1. The van der Waals surface area contributed by atoms with Crippen molar-refractivity contribution in [2.75, 3.05) is 0 Å². The third-order valence-corrected chi connectivity index (χ3v) is 4.28. The second kappa shape index (κ2) is 5.08. The number of rotatable bonds is 2. The SMILES string of the molecule is Cc1ccc(Br)c(C(N)c2cc3cccc(C)c3o2)c1. The van der Waals surface area contributed by atoms with Crippen LogP contribution in [0.4, 0.5) is 0 Å². The van der Waals surface area contributed by atoms with Crippen LogP contribution in [-0.4, -0.2) is 0 Å². The Morgan fingerprint density at radius 3 is 2.65 bits per heavy atom. The molecule has 102 valence electrons. The molecule has 20 heavy (non-hydrogen) atoms. The van der Waals surface area contributed by atoms with Gasteiger partial charge >= 0.3 is 0 Å². The van der Waals surface area contributed by atoms with Crippen molar-refractivity contribution >= 4 is 26.9 Å². The van der Waals surface area contributed by atoms with Crippen LogP contribution in [0.5, 0.6) is 0 Å². The third kappa shape index (κ3) is 2.28. The minimum atomic E-state index is -0.268. The molecular formula is C17H16BrNO. The molecule has 3 heteroatoms. The van der Waals surface area contributed by atoms with Crippen molar-refractivity contribution in [2.24, 2.45) is 5.73 Å². The first kappa shape index (κ1) is 13.4. The molecule has 0 spiro atoms. The highest BCUT2D eigenvalue weighted by atomic mass is 79.9. The van der Waals surface area contributed by atoms with Crippen molar-refractivity contribution in [3.63, 3.8) is 0 Å². The van der Waals surface area contributed by atoms with E-state index in [-0.39, 0.29) is 6.04 Å². The molecule has 0 bridgehead atoms. The van der Waals surface area contributed by atoms with Crippen molar-refractivity contribution in [3.8, 4) is 0 Å². The Morgan fingerprint density at radius 2 is 1.90 bits per heavy atom. The molecule has 0 aliphatic rings. The van der Waals surface area contributed by atoms with Gasteiger partial charge in [-0.2, -0.15) is 0 Å². The molecule has 2 aromatic carbocycles. The Balaban J connectivity index is 2.10. The zero-order valence-corrected chi connectivity index (χ0v) is 13.1. The van der Waals surface area contributed by atoms with Crippen molar-refractivity contribution in [1.82, 2.24) is 0 Å². The van der Waals surface area contributed by atoms with Gasteiger partial charge in [-0.05, 0) is 37.1 Å². The predicted octanol–water partition coefficient (Wildman–Crippen LogP) is 4.86. The standard InChI is InChI=1S/C17H16BrNO/c1-10-6-7-14(18)13(8-10)16(19)15-9-12-5-3-4-11(2)17(12)20-15/h3-9,16H,19H2,1-2H3. The Hall–Kier alpha value is -1.58. The number of benzene rings is 2. The summed E-state index contributed by atoms with van der Waals surface area (Å²) < 4.78 is 6.97. The average Bonchev–Trinajstić information content (AvgIpc) is 2.86. The molecule has 0 amide bonds. The summed E-state index contributed by atoms with van der Waals surface area (Å²) in [5.41, 5.74) is 10.7. The Labute approximate surface area is 126 Å². The van der Waals surface area contributed by atoms with Gasteiger partial charge in [0, 0.05) is 9.86 Å². The van der Waals surface area contributed by atoms with E-state index in [1.54, 1.807) is 0 Å². The van der Waals surface area contributed by atoms with Crippen LogP contribution in [-0.2, 0) is 0 Å². The Bertz CT molecular complexity index is 776. The molecule has 0 aliphatic carbocycles. The lowest BCUT2D eigenvalue weighted by Crippen LogP contribution is -2.11. The normalized spacial score (nSPS) is 12.8. The minimum absolute atomic E-state index is 0.268. The van der Waals surface area contributed by atoms with E-state index in [0.717, 1.165) is 32.3 Å². The third-order valence-electron chi connectivity index (χ3n) is 3.55. The highest BCUT2D eigenvalue weighted by Crippen LogP contribution is 2.32. The summed E-state index contributed by atoms with van der Waals surface area (Å²) in [6, 6.07) is 14.1. The first-order valence-corrected chi connectivity index (χ1v) is 7.36. The summed E-state index contributed by atoms with van der Waals surface area (Å²) in [7, 11) is 0. The lowest BCUT2D eigenvalue weighted by molar-refractivity contribution is 0.523. The minimum Gasteiger partial charge on any atom is -0.459 e. The fourth-order valence-corrected chi connectivity index (χ4v) is 2.93. The summed E-state index contributed by atoms with van der Waals surface area (Å²) in [4.78, 5) is 0. The van der Waals surface area contributed by atoms with E-state index >= 15 is 0 Å². The molecule has 3 rings (SSSR count). The van der Waals surface area contributed by atoms with Gasteiger partial charge in [0.25, 0.3) is 0 Å². The summed E-state index contributed by atoms with van der Waals surface area (Å²) in [5, 5.41) is 1.10. The smallest absolute Gasteiger partial charge is 0.137 e. The molecule has 0 saturated heterocycles. The maximum atomic E-state index is 6.38. The number of furan rings is 1. The van der Waals surface area contributed by atoms with Crippen molar-refractivity contribution in [3.05, 3.63) is 69.4 Å². The number of hydrogen-bond donors (Lipinski definition) is 1. The molecule has 1 atom stereocenters. The van der Waals surface area contributed by atoms with Crippen LogP contribution < -0.4 is 5.73 Å². The fourth-order valence-electron chi connectivity index (χ4n) is 2.44. The highest BCUT2D eigenvalue weighted by molar-refractivity contribution is 9.10. The Kier molecular flexibility index (Phi) is 3.40. The largest absolute Gasteiger partial charge is 0.459 e. The molecule has 1 unspecified atom stereocenters. The summed E-state index contributed by atoms with van der Waals surface area (Å²) in [5.74, 6) is 0.792.